The molecule has 1 atom stereocenters. The first-order valence-electron chi connectivity index (χ1n) is 5.92. The van der Waals surface area contributed by atoms with E-state index in [1.807, 2.05) is 24.3 Å². The third-order valence-electron chi connectivity index (χ3n) is 2.86. The average molecular weight is 223 g/mol. The molecule has 0 amide bonds. The van der Waals surface area contributed by atoms with Gasteiger partial charge >= 0.3 is 0 Å². The lowest BCUT2D eigenvalue weighted by atomic mass is 10.1. The van der Waals surface area contributed by atoms with E-state index in [4.69, 9.17) is 4.99 Å². The molecule has 0 saturated heterocycles. The van der Waals surface area contributed by atoms with Crippen LogP contribution < -0.4 is 0 Å². The summed E-state index contributed by atoms with van der Waals surface area (Å²) in [6.07, 6.45) is 0. The predicted octanol–water partition coefficient (Wildman–Crippen LogP) is 4.26. The van der Waals surface area contributed by atoms with Gasteiger partial charge in [-0.3, -0.25) is 4.99 Å². The number of aliphatic imine (C=N–C) groups is 1. The molecule has 2 aromatic carbocycles. The summed E-state index contributed by atoms with van der Waals surface area (Å²) in [5, 5.41) is 0. The molecule has 0 unspecified atom stereocenters. The highest BCUT2D eigenvalue weighted by molar-refractivity contribution is 5.98. The molecule has 0 fully saturated rings. The van der Waals surface area contributed by atoms with Crippen molar-refractivity contribution in [1.29, 1.82) is 0 Å². The Hall–Kier alpha value is -1.89. The van der Waals surface area contributed by atoms with Crippen molar-refractivity contribution in [1.82, 2.24) is 0 Å². The van der Waals surface area contributed by atoms with Crippen LogP contribution in [0.3, 0.4) is 0 Å². The monoisotopic (exact) mass is 223 g/mol. The van der Waals surface area contributed by atoms with Gasteiger partial charge in [0.2, 0.25) is 0 Å². The van der Waals surface area contributed by atoms with Gasteiger partial charge in [0, 0.05) is 5.71 Å². The molecule has 0 spiro atoms. The van der Waals surface area contributed by atoms with Gasteiger partial charge in [-0.2, -0.15) is 0 Å². The number of hydrogen-bond acceptors (Lipinski definition) is 1. The second kappa shape index (κ2) is 5.44. The Morgan fingerprint density at radius 3 is 2.00 bits per heavy atom. The number of rotatable bonds is 3. The summed E-state index contributed by atoms with van der Waals surface area (Å²) in [5.41, 5.74) is 3.53. The van der Waals surface area contributed by atoms with Crippen LogP contribution in [0.5, 0.6) is 0 Å². The lowest BCUT2D eigenvalue weighted by Gasteiger charge is -2.09. The quantitative estimate of drug-likeness (QED) is 0.689. The smallest absolute Gasteiger partial charge is 0.0724 e. The SMILES string of the molecule is CC(=N[C@H](C)c1ccccc1)c1ccccc1. The highest BCUT2D eigenvalue weighted by atomic mass is 14.8. The first-order valence-corrected chi connectivity index (χ1v) is 5.92. The van der Waals surface area contributed by atoms with E-state index in [0.29, 0.717) is 0 Å². The van der Waals surface area contributed by atoms with Crippen molar-refractivity contribution in [2.45, 2.75) is 19.9 Å². The minimum absolute atomic E-state index is 0.205. The molecule has 2 aromatic rings. The molecule has 1 heteroatoms. The highest BCUT2D eigenvalue weighted by Crippen LogP contribution is 2.17. The topological polar surface area (TPSA) is 12.4 Å². The van der Waals surface area contributed by atoms with E-state index in [1.54, 1.807) is 0 Å². The minimum Gasteiger partial charge on any atom is -0.282 e. The van der Waals surface area contributed by atoms with E-state index in [-0.39, 0.29) is 6.04 Å². The van der Waals surface area contributed by atoms with Crippen LogP contribution in [-0.2, 0) is 0 Å². The Morgan fingerprint density at radius 1 is 0.882 bits per heavy atom. The molecule has 0 aliphatic heterocycles. The van der Waals surface area contributed by atoms with Crippen LogP contribution in [0.25, 0.3) is 0 Å². The van der Waals surface area contributed by atoms with Crippen LogP contribution in [0.1, 0.15) is 31.0 Å². The first kappa shape index (κ1) is 11.6. The summed E-state index contributed by atoms with van der Waals surface area (Å²) in [4.78, 5) is 4.73. The van der Waals surface area contributed by atoms with E-state index >= 15 is 0 Å². The van der Waals surface area contributed by atoms with Gasteiger partial charge in [-0.15, -0.1) is 0 Å². The maximum atomic E-state index is 4.73. The van der Waals surface area contributed by atoms with Gasteiger partial charge in [-0.1, -0.05) is 60.7 Å². The molecule has 86 valence electrons. The molecule has 0 bridgehead atoms. The van der Waals surface area contributed by atoms with Crippen LogP contribution in [-0.4, -0.2) is 5.71 Å². The molecule has 0 heterocycles. The van der Waals surface area contributed by atoms with Gasteiger partial charge < -0.3 is 0 Å². The Kier molecular flexibility index (Phi) is 3.71. The summed E-state index contributed by atoms with van der Waals surface area (Å²) >= 11 is 0. The molecule has 0 aromatic heterocycles. The fourth-order valence-electron chi connectivity index (χ4n) is 1.85. The van der Waals surface area contributed by atoms with Crippen molar-refractivity contribution in [3.05, 3.63) is 71.8 Å². The molecule has 0 saturated carbocycles. The molecule has 0 aliphatic carbocycles. The number of nitrogens with zero attached hydrogens (tertiary/aromatic N) is 1. The lowest BCUT2D eigenvalue weighted by Crippen LogP contribution is -1.98. The van der Waals surface area contributed by atoms with Crippen LogP contribution >= 0.6 is 0 Å². The second-order valence-corrected chi connectivity index (χ2v) is 4.17. The normalized spacial score (nSPS) is 13.4. The summed E-state index contributed by atoms with van der Waals surface area (Å²) in [7, 11) is 0. The predicted molar refractivity (Wildman–Crippen MR) is 73.5 cm³/mol. The Morgan fingerprint density at radius 2 is 1.41 bits per heavy atom. The van der Waals surface area contributed by atoms with Crippen molar-refractivity contribution in [2.24, 2.45) is 4.99 Å². The average Bonchev–Trinajstić information content (AvgIpc) is 2.40. The van der Waals surface area contributed by atoms with Crippen LogP contribution in [0.2, 0.25) is 0 Å². The number of benzene rings is 2. The molecule has 0 radical (unpaired) electrons. The van der Waals surface area contributed by atoms with E-state index < -0.39 is 0 Å². The van der Waals surface area contributed by atoms with Gasteiger partial charge in [0.25, 0.3) is 0 Å². The van der Waals surface area contributed by atoms with Gasteiger partial charge in [0.15, 0.2) is 0 Å². The molecule has 0 aliphatic rings. The van der Waals surface area contributed by atoms with Crippen LogP contribution in [0.4, 0.5) is 0 Å². The van der Waals surface area contributed by atoms with Crippen molar-refractivity contribution in [3.63, 3.8) is 0 Å². The fourth-order valence-corrected chi connectivity index (χ4v) is 1.85. The molecular weight excluding hydrogens is 206 g/mol. The van der Waals surface area contributed by atoms with Crippen molar-refractivity contribution in [3.8, 4) is 0 Å². The van der Waals surface area contributed by atoms with E-state index in [1.165, 1.54) is 11.1 Å². The zero-order valence-electron chi connectivity index (χ0n) is 10.3. The summed E-state index contributed by atoms with van der Waals surface area (Å²) in [6.45, 7) is 4.19. The van der Waals surface area contributed by atoms with Gasteiger partial charge in [-0.25, -0.2) is 0 Å². The molecule has 1 nitrogen and oxygen atoms in total. The molecule has 17 heavy (non-hydrogen) atoms. The summed E-state index contributed by atoms with van der Waals surface area (Å²) in [6, 6.07) is 20.9. The van der Waals surface area contributed by atoms with Crippen LogP contribution in [0, 0.1) is 0 Å². The number of hydrogen-bond donors (Lipinski definition) is 0. The second-order valence-electron chi connectivity index (χ2n) is 4.17. The zero-order chi connectivity index (χ0) is 12.1. The molecule has 2 rings (SSSR count). The lowest BCUT2D eigenvalue weighted by molar-refractivity contribution is 0.819. The van der Waals surface area contributed by atoms with Crippen LogP contribution in [0.15, 0.2) is 65.7 Å². The summed E-state index contributed by atoms with van der Waals surface area (Å²) in [5.74, 6) is 0. The van der Waals surface area contributed by atoms with Crippen molar-refractivity contribution >= 4 is 5.71 Å². The minimum atomic E-state index is 0.205. The summed E-state index contributed by atoms with van der Waals surface area (Å²) < 4.78 is 0. The van der Waals surface area contributed by atoms with Crippen molar-refractivity contribution in [2.75, 3.05) is 0 Å². The zero-order valence-corrected chi connectivity index (χ0v) is 10.3. The largest absolute Gasteiger partial charge is 0.282 e. The highest BCUT2D eigenvalue weighted by Gasteiger charge is 2.03. The Balaban J connectivity index is 2.20. The fraction of sp³-hybridized carbons (Fsp3) is 0.188. The third-order valence-corrected chi connectivity index (χ3v) is 2.86. The Labute approximate surface area is 103 Å². The Bertz CT molecular complexity index is 485. The van der Waals surface area contributed by atoms with E-state index in [0.717, 1.165) is 5.71 Å². The molecular formula is C16H17N. The first-order chi connectivity index (χ1) is 8.27. The van der Waals surface area contributed by atoms with Gasteiger partial charge in [0.1, 0.15) is 0 Å². The van der Waals surface area contributed by atoms with Gasteiger partial charge in [-0.05, 0) is 25.0 Å². The maximum absolute atomic E-state index is 4.73. The van der Waals surface area contributed by atoms with Crippen molar-refractivity contribution < 1.29 is 0 Å². The standard InChI is InChI=1S/C16H17N/c1-13(15-9-5-3-6-10-15)17-14(2)16-11-7-4-8-12-16/h3-13H,1-2H3/t13-/m1/s1. The van der Waals surface area contributed by atoms with Gasteiger partial charge in [0.05, 0.1) is 6.04 Å². The maximum Gasteiger partial charge on any atom is 0.0724 e. The third kappa shape index (κ3) is 3.04. The molecule has 0 N–H and O–H groups in total. The van der Waals surface area contributed by atoms with E-state index in [2.05, 4.69) is 50.2 Å². The van der Waals surface area contributed by atoms with E-state index in [9.17, 15) is 0 Å².